The van der Waals surface area contributed by atoms with Crippen LogP contribution < -0.4 is 10.5 Å². The van der Waals surface area contributed by atoms with Gasteiger partial charge in [0.1, 0.15) is 11.4 Å². The van der Waals surface area contributed by atoms with E-state index in [1.165, 1.54) is 0 Å². The Morgan fingerprint density at radius 3 is 2.56 bits per heavy atom. The molecule has 0 unspecified atom stereocenters. The molecule has 1 aromatic carbocycles. The van der Waals surface area contributed by atoms with Crippen molar-refractivity contribution in [3.05, 3.63) is 29.8 Å². The third-order valence-corrected chi connectivity index (χ3v) is 4.00. The molecule has 0 atom stereocenters. The summed E-state index contributed by atoms with van der Waals surface area (Å²) in [4.78, 5) is 0. The fourth-order valence-electron chi connectivity index (χ4n) is 2.61. The number of halogens is 1. The molecule has 0 amide bonds. The molecular formula is C15H20FNO. The van der Waals surface area contributed by atoms with Gasteiger partial charge in [0.2, 0.25) is 0 Å². The molecular weight excluding hydrogens is 229 g/mol. The van der Waals surface area contributed by atoms with Crippen molar-refractivity contribution in [1.29, 1.82) is 0 Å². The van der Waals surface area contributed by atoms with E-state index < -0.39 is 5.67 Å². The highest BCUT2D eigenvalue weighted by atomic mass is 19.1. The van der Waals surface area contributed by atoms with Gasteiger partial charge in [-0.2, -0.15) is 0 Å². The lowest BCUT2D eigenvalue weighted by molar-refractivity contribution is 0.0975. The SMILES string of the molecule is NC1CCC(F)(c2cccc(OC3CC3)c2)CC1. The number of benzene rings is 1. The summed E-state index contributed by atoms with van der Waals surface area (Å²) in [6.45, 7) is 0. The Labute approximate surface area is 107 Å². The molecule has 0 saturated heterocycles. The normalized spacial score (nSPS) is 32.2. The Kier molecular flexibility index (Phi) is 3.02. The van der Waals surface area contributed by atoms with Gasteiger partial charge in [-0.05, 0) is 56.2 Å². The zero-order chi connectivity index (χ0) is 12.6. The first-order valence-electron chi connectivity index (χ1n) is 6.87. The van der Waals surface area contributed by atoms with E-state index in [0.717, 1.165) is 37.0 Å². The number of hydrogen-bond acceptors (Lipinski definition) is 2. The Hall–Kier alpha value is -1.09. The molecule has 3 rings (SSSR count). The smallest absolute Gasteiger partial charge is 0.136 e. The zero-order valence-corrected chi connectivity index (χ0v) is 10.6. The number of alkyl halides is 1. The molecule has 0 bridgehead atoms. The van der Waals surface area contributed by atoms with Gasteiger partial charge in [0.15, 0.2) is 0 Å². The van der Waals surface area contributed by atoms with Crippen molar-refractivity contribution >= 4 is 0 Å². The average molecular weight is 249 g/mol. The minimum absolute atomic E-state index is 0.166. The molecule has 0 aromatic heterocycles. The van der Waals surface area contributed by atoms with Crippen molar-refractivity contribution < 1.29 is 9.13 Å². The summed E-state index contributed by atoms with van der Waals surface area (Å²) in [6.07, 6.45) is 5.20. The number of rotatable bonds is 3. The molecule has 1 aromatic rings. The lowest BCUT2D eigenvalue weighted by atomic mass is 9.79. The molecule has 0 heterocycles. The molecule has 2 nitrogen and oxygen atoms in total. The monoisotopic (exact) mass is 249 g/mol. The maximum absolute atomic E-state index is 14.9. The summed E-state index contributed by atoms with van der Waals surface area (Å²) in [5, 5.41) is 0. The van der Waals surface area contributed by atoms with Crippen molar-refractivity contribution in [2.24, 2.45) is 5.73 Å². The van der Waals surface area contributed by atoms with Crippen molar-refractivity contribution in [2.45, 2.75) is 56.3 Å². The van der Waals surface area contributed by atoms with E-state index in [1.807, 2.05) is 24.3 Å². The standard InChI is InChI=1S/C15H20FNO/c16-15(8-6-12(17)7-9-15)11-2-1-3-14(10-11)18-13-4-5-13/h1-3,10,12-13H,4-9,17H2. The average Bonchev–Trinajstić information content (AvgIpc) is 3.18. The Balaban J connectivity index is 1.77. The largest absolute Gasteiger partial charge is 0.490 e. The maximum Gasteiger partial charge on any atom is 0.136 e. The fraction of sp³-hybridized carbons (Fsp3) is 0.600. The van der Waals surface area contributed by atoms with Crippen LogP contribution in [0.15, 0.2) is 24.3 Å². The van der Waals surface area contributed by atoms with Crippen LogP contribution in [0.3, 0.4) is 0 Å². The van der Waals surface area contributed by atoms with Crippen LogP contribution in [0.4, 0.5) is 4.39 Å². The second-order valence-corrected chi connectivity index (χ2v) is 5.65. The Morgan fingerprint density at radius 1 is 1.17 bits per heavy atom. The van der Waals surface area contributed by atoms with E-state index in [4.69, 9.17) is 10.5 Å². The summed E-state index contributed by atoms with van der Waals surface area (Å²) in [5.41, 5.74) is 5.39. The predicted octanol–water partition coefficient (Wildman–Crippen LogP) is 3.29. The summed E-state index contributed by atoms with van der Waals surface area (Å²) < 4.78 is 20.6. The van der Waals surface area contributed by atoms with Gasteiger partial charge in [-0.1, -0.05) is 12.1 Å². The van der Waals surface area contributed by atoms with Crippen molar-refractivity contribution in [3.63, 3.8) is 0 Å². The van der Waals surface area contributed by atoms with Crippen LogP contribution in [0.1, 0.15) is 44.1 Å². The van der Waals surface area contributed by atoms with Gasteiger partial charge in [0.05, 0.1) is 6.10 Å². The van der Waals surface area contributed by atoms with Gasteiger partial charge in [-0.25, -0.2) is 4.39 Å². The van der Waals surface area contributed by atoms with Crippen LogP contribution in [-0.2, 0) is 5.67 Å². The number of ether oxygens (including phenoxy) is 1. The molecule has 0 radical (unpaired) electrons. The van der Waals surface area contributed by atoms with Crippen LogP contribution in [0.5, 0.6) is 5.75 Å². The Bertz CT molecular complexity index is 422. The van der Waals surface area contributed by atoms with Crippen LogP contribution in [0, 0.1) is 0 Å². The maximum atomic E-state index is 14.9. The lowest BCUT2D eigenvalue weighted by Crippen LogP contribution is -2.33. The lowest BCUT2D eigenvalue weighted by Gasteiger charge is -2.33. The van der Waals surface area contributed by atoms with E-state index in [2.05, 4.69) is 0 Å². The number of nitrogens with two attached hydrogens (primary N) is 1. The highest BCUT2D eigenvalue weighted by Gasteiger charge is 2.36. The predicted molar refractivity (Wildman–Crippen MR) is 69.3 cm³/mol. The van der Waals surface area contributed by atoms with E-state index in [9.17, 15) is 4.39 Å². The minimum Gasteiger partial charge on any atom is -0.490 e. The van der Waals surface area contributed by atoms with Gasteiger partial charge in [0, 0.05) is 6.04 Å². The minimum atomic E-state index is -1.21. The molecule has 3 heteroatoms. The van der Waals surface area contributed by atoms with Crippen LogP contribution in [0.25, 0.3) is 0 Å². The first-order chi connectivity index (χ1) is 8.66. The molecule has 0 spiro atoms. The van der Waals surface area contributed by atoms with E-state index in [1.54, 1.807) is 0 Å². The molecule has 0 aliphatic heterocycles. The molecule has 2 fully saturated rings. The van der Waals surface area contributed by atoms with E-state index >= 15 is 0 Å². The van der Waals surface area contributed by atoms with Crippen LogP contribution >= 0.6 is 0 Å². The third kappa shape index (κ3) is 2.51. The number of hydrogen-bond donors (Lipinski definition) is 1. The molecule has 2 saturated carbocycles. The van der Waals surface area contributed by atoms with Gasteiger partial charge < -0.3 is 10.5 Å². The van der Waals surface area contributed by atoms with Crippen LogP contribution in [-0.4, -0.2) is 12.1 Å². The van der Waals surface area contributed by atoms with E-state index in [0.29, 0.717) is 18.9 Å². The quantitative estimate of drug-likeness (QED) is 0.892. The van der Waals surface area contributed by atoms with Gasteiger partial charge in [-0.15, -0.1) is 0 Å². The van der Waals surface area contributed by atoms with E-state index in [-0.39, 0.29) is 6.04 Å². The third-order valence-electron chi connectivity index (χ3n) is 4.00. The van der Waals surface area contributed by atoms with Crippen molar-refractivity contribution in [3.8, 4) is 5.75 Å². The van der Waals surface area contributed by atoms with Gasteiger partial charge in [-0.3, -0.25) is 0 Å². The molecule has 2 aliphatic rings. The first kappa shape index (κ1) is 12.0. The molecule has 2 aliphatic carbocycles. The topological polar surface area (TPSA) is 35.2 Å². The summed E-state index contributed by atoms with van der Waals surface area (Å²) >= 11 is 0. The molecule has 2 N–H and O–H groups in total. The highest BCUT2D eigenvalue weighted by molar-refractivity contribution is 5.33. The molecule has 18 heavy (non-hydrogen) atoms. The van der Waals surface area contributed by atoms with Gasteiger partial charge >= 0.3 is 0 Å². The Morgan fingerprint density at radius 2 is 1.89 bits per heavy atom. The highest BCUT2D eigenvalue weighted by Crippen LogP contribution is 2.41. The zero-order valence-electron chi connectivity index (χ0n) is 10.6. The van der Waals surface area contributed by atoms with Crippen molar-refractivity contribution in [2.75, 3.05) is 0 Å². The second kappa shape index (κ2) is 4.54. The summed E-state index contributed by atoms with van der Waals surface area (Å²) in [7, 11) is 0. The summed E-state index contributed by atoms with van der Waals surface area (Å²) in [6, 6.07) is 7.72. The first-order valence-corrected chi connectivity index (χ1v) is 6.87. The fourth-order valence-corrected chi connectivity index (χ4v) is 2.61. The van der Waals surface area contributed by atoms with Crippen molar-refractivity contribution in [1.82, 2.24) is 0 Å². The second-order valence-electron chi connectivity index (χ2n) is 5.65. The summed E-state index contributed by atoms with van der Waals surface area (Å²) in [5.74, 6) is 0.807. The van der Waals surface area contributed by atoms with Crippen LogP contribution in [0.2, 0.25) is 0 Å². The van der Waals surface area contributed by atoms with Gasteiger partial charge in [0.25, 0.3) is 0 Å². The molecule has 98 valence electrons.